The maximum Gasteiger partial charge on any atom is 0.409 e. The van der Waals surface area contributed by atoms with Gasteiger partial charge in [-0.15, -0.1) is 11.3 Å². The summed E-state index contributed by atoms with van der Waals surface area (Å²) in [6.45, 7) is 9.37. The number of hydrogen-bond acceptors (Lipinski definition) is 6. The molecule has 0 radical (unpaired) electrons. The molecular weight excluding hydrogens is 518 g/mol. The summed E-state index contributed by atoms with van der Waals surface area (Å²) in [7, 11) is 0. The topological polar surface area (TPSA) is 116 Å². The predicted octanol–water partition coefficient (Wildman–Crippen LogP) is 4.35. The lowest BCUT2D eigenvalue weighted by Crippen LogP contribution is -2.46. The van der Waals surface area contributed by atoms with E-state index in [4.69, 9.17) is 4.74 Å². The molecule has 1 aromatic heterocycles. The molecule has 3 fully saturated rings. The molecule has 2 aliphatic heterocycles. The zero-order valence-corrected chi connectivity index (χ0v) is 24.1. The second-order valence-corrected chi connectivity index (χ2v) is 13.1. The minimum absolute atomic E-state index is 0.0260. The van der Waals surface area contributed by atoms with E-state index in [1.165, 1.54) is 0 Å². The Morgan fingerprint density at radius 3 is 2.51 bits per heavy atom. The summed E-state index contributed by atoms with van der Waals surface area (Å²) in [5.41, 5.74) is 0.102. The van der Waals surface area contributed by atoms with E-state index in [0.717, 1.165) is 37.0 Å². The molecule has 1 saturated carbocycles. The summed E-state index contributed by atoms with van der Waals surface area (Å²) >= 11 is 1.08. The van der Waals surface area contributed by atoms with Crippen molar-refractivity contribution in [3.05, 3.63) is 15.8 Å². The fourth-order valence-corrected chi connectivity index (χ4v) is 6.25. The Hall–Kier alpha value is -3.06. The molecule has 1 unspecified atom stereocenters. The van der Waals surface area contributed by atoms with Gasteiger partial charge in [0.05, 0.1) is 22.5 Å². The zero-order chi connectivity index (χ0) is 28.3. The number of amides is 3. The first-order valence-corrected chi connectivity index (χ1v) is 14.7. The van der Waals surface area contributed by atoms with Gasteiger partial charge in [-0.1, -0.05) is 18.8 Å². The van der Waals surface area contributed by atoms with E-state index in [1.807, 2.05) is 20.8 Å². The minimum Gasteiger partial charge on any atom is -0.477 e. The molecule has 2 saturated heterocycles. The van der Waals surface area contributed by atoms with Crippen LogP contribution in [0.4, 0.5) is 10.5 Å². The molecule has 10 heteroatoms. The lowest BCUT2D eigenvalue weighted by Gasteiger charge is -2.34. The summed E-state index contributed by atoms with van der Waals surface area (Å²) < 4.78 is 5.44. The SMILES string of the molecule is CC1CCC(C(=O)N(c2cc(C#CC(C)(C)C)sc2C(=O)O)[C@H]2CCN(C(=O)OCC3CCNC3=O)C2)CC1. The fraction of sp³-hybridized carbons (Fsp3) is 0.655. The Morgan fingerprint density at radius 1 is 1.18 bits per heavy atom. The molecule has 2 atom stereocenters. The largest absolute Gasteiger partial charge is 0.477 e. The van der Waals surface area contributed by atoms with Crippen molar-refractivity contribution in [2.75, 3.05) is 31.1 Å². The van der Waals surface area contributed by atoms with Crippen LogP contribution in [0.5, 0.6) is 0 Å². The van der Waals surface area contributed by atoms with Crippen molar-refractivity contribution in [3.63, 3.8) is 0 Å². The smallest absolute Gasteiger partial charge is 0.409 e. The number of nitrogens with one attached hydrogen (secondary N) is 1. The van der Waals surface area contributed by atoms with Gasteiger partial charge in [-0.2, -0.15) is 0 Å². The first-order valence-electron chi connectivity index (χ1n) is 13.9. The van der Waals surface area contributed by atoms with Gasteiger partial charge in [0.2, 0.25) is 11.8 Å². The van der Waals surface area contributed by atoms with Crippen molar-refractivity contribution in [3.8, 4) is 11.8 Å². The number of aromatic carboxylic acids is 1. The highest BCUT2D eigenvalue weighted by Gasteiger charge is 2.40. The zero-order valence-electron chi connectivity index (χ0n) is 23.2. The van der Waals surface area contributed by atoms with Crippen molar-refractivity contribution in [2.45, 2.75) is 72.3 Å². The minimum atomic E-state index is -1.10. The van der Waals surface area contributed by atoms with Crippen LogP contribution < -0.4 is 10.2 Å². The van der Waals surface area contributed by atoms with Crippen LogP contribution in [-0.2, 0) is 14.3 Å². The third kappa shape index (κ3) is 7.13. The van der Waals surface area contributed by atoms with Crippen LogP contribution in [0.2, 0.25) is 0 Å². The van der Waals surface area contributed by atoms with Crippen LogP contribution in [0.25, 0.3) is 0 Å². The number of carbonyl (C=O) groups excluding carboxylic acids is 3. The van der Waals surface area contributed by atoms with Gasteiger partial charge in [-0.25, -0.2) is 9.59 Å². The Kier molecular flexibility index (Phi) is 8.90. The van der Waals surface area contributed by atoms with Crippen LogP contribution >= 0.6 is 11.3 Å². The number of nitrogens with zero attached hydrogens (tertiary/aromatic N) is 2. The first kappa shape index (κ1) is 28.9. The summed E-state index contributed by atoms with van der Waals surface area (Å²) in [6.07, 6.45) is 4.07. The van der Waals surface area contributed by atoms with Crippen LogP contribution in [0.3, 0.4) is 0 Å². The number of carboxylic acids is 1. The third-order valence-electron chi connectivity index (χ3n) is 7.69. The quantitative estimate of drug-likeness (QED) is 0.503. The number of hydrogen-bond donors (Lipinski definition) is 2. The monoisotopic (exact) mass is 557 g/mol. The highest BCUT2D eigenvalue weighted by atomic mass is 32.1. The standard InChI is InChI=1S/C29H39N3O6S/c1-18-5-7-19(8-6-18)26(34)32(23-15-22(9-12-29(2,3)4)39-24(23)27(35)36)21-11-14-31(16-21)28(37)38-17-20-10-13-30-25(20)33/h15,18-21H,5-8,10-11,13-14,16-17H2,1-4H3,(H,30,33)(H,35,36)/t18?,19?,20?,21-/m0/s1. The van der Waals surface area contributed by atoms with Crippen molar-refractivity contribution >= 4 is 40.9 Å². The highest BCUT2D eigenvalue weighted by Crippen LogP contribution is 2.38. The summed E-state index contributed by atoms with van der Waals surface area (Å²) in [6, 6.07) is 1.34. The van der Waals surface area contributed by atoms with Gasteiger partial charge < -0.3 is 25.0 Å². The lowest BCUT2D eigenvalue weighted by molar-refractivity contribution is -0.124. The summed E-state index contributed by atoms with van der Waals surface area (Å²) in [5, 5.41) is 12.8. The predicted molar refractivity (Wildman–Crippen MR) is 149 cm³/mol. The Labute approximate surface area is 234 Å². The molecular formula is C29H39N3O6S. The van der Waals surface area contributed by atoms with Crippen molar-refractivity contribution in [2.24, 2.45) is 23.2 Å². The van der Waals surface area contributed by atoms with Crippen LogP contribution in [-0.4, -0.2) is 66.2 Å². The Balaban J connectivity index is 1.58. The van der Waals surface area contributed by atoms with Crippen molar-refractivity contribution in [1.29, 1.82) is 0 Å². The van der Waals surface area contributed by atoms with Gasteiger partial charge in [0.15, 0.2) is 0 Å². The fourth-order valence-electron chi connectivity index (χ4n) is 5.41. The van der Waals surface area contributed by atoms with Gasteiger partial charge in [0, 0.05) is 31.0 Å². The maximum absolute atomic E-state index is 14.0. The number of rotatable bonds is 6. The third-order valence-corrected chi connectivity index (χ3v) is 8.71. The van der Waals surface area contributed by atoms with Gasteiger partial charge in [-0.05, 0) is 71.3 Å². The number of ether oxygens (including phenoxy) is 1. The number of carbonyl (C=O) groups is 4. The van der Waals surface area contributed by atoms with E-state index in [1.54, 1.807) is 15.9 Å². The molecule has 0 spiro atoms. The molecule has 2 N–H and O–H groups in total. The number of thiophene rings is 1. The van der Waals surface area contributed by atoms with E-state index in [-0.39, 0.29) is 53.1 Å². The first-order chi connectivity index (χ1) is 18.4. The summed E-state index contributed by atoms with van der Waals surface area (Å²) in [5.74, 6) is 5.00. The van der Waals surface area contributed by atoms with Gasteiger partial charge in [0.25, 0.3) is 0 Å². The normalized spacial score (nSPS) is 25.0. The van der Waals surface area contributed by atoms with E-state index in [9.17, 15) is 24.3 Å². The number of likely N-dealkylation sites (tertiary alicyclic amines) is 1. The van der Waals surface area contributed by atoms with Crippen molar-refractivity contribution in [1.82, 2.24) is 10.2 Å². The second-order valence-electron chi connectivity index (χ2n) is 12.0. The molecule has 9 nitrogen and oxygen atoms in total. The van der Waals surface area contributed by atoms with E-state index < -0.39 is 12.1 Å². The van der Waals surface area contributed by atoms with Crippen LogP contribution in [0.1, 0.15) is 80.8 Å². The number of anilines is 1. The second kappa shape index (κ2) is 12.0. The van der Waals surface area contributed by atoms with Gasteiger partial charge >= 0.3 is 12.1 Å². The molecule has 0 aromatic carbocycles. The molecule has 212 valence electrons. The lowest BCUT2D eigenvalue weighted by atomic mass is 9.82. The highest BCUT2D eigenvalue weighted by molar-refractivity contribution is 7.15. The molecule has 39 heavy (non-hydrogen) atoms. The average molecular weight is 558 g/mol. The molecule has 1 aromatic rings. The van der Waals surface area contributed by atoms with E-state index in [0.29, 0.717) is 42.4 Å². The van der Waals surface area contributed by atoms with Gasteiger partial charge in [0.1, 0.15) is 11.5 Å². The molecule has 4 rings (SSSR count). The Bertz CT molecular complexity index is 1170. The average Bonchev–Trinajstić information content (AvgIpc) is 3.62. The maximum atomic E-state index is 14.0. The van der Waals surface area contributed by atoms with E-state index in [2.05, 4.69) is 24.1 Å². The Morgan fingerprint density at radius 2 is 1.90 bits per heavy atom. The molecule has 0 bridgehead atoms. The van der Waals surface area contributed by atoms with Gasteiger partial charge in [-0.3, -0.25) is 9.59 Å². The molecule has 3 amide bonds. The molecule has 1 aliphatic carbocycles. The van der Waals surface area contributed by atoms with Crippen molar-refractivity contribution < 1.29 is 29.0 Å². The molecule has 3 aliphatic rings. The van der Waals surface area contributed by atoms with Crippen LogP contribution in [0.15, 0.2) is 6.07 Å². The van der Waals surface area contributed by atoms with E-state index >= 15 is 0 Å². The number of carboxylic acid groups (broad SMARTS) is 1. The van der Waals surface area contributed by atoms with Crippen LogP contribution in [0, 0.1) is 35.0 Å². The molecule has 3 heterocycles. The summed E-state index contributed by atoms with van der Waals surface area (Å²) in [4.78, 5) is 54.9.